The van der Waals surface area contributed by atoms with Crippen molar-refractivity contribution in [3.63, 3.8) is 0 Å². The maximum atomic E-state index is 12.2. The van der Waals surface area contributed by atoms with Gasteiger partial charge in [-0.2, -0.15) is 0 Å². The number of carbonyl (C=O) groups is 1. The molecule has 1 unspecified atom stereocenters. The van der Waals surface area contributed by atoms with Crippen LogP contribution in [-0.2, 0) is 11.2 Å². The number of nitrogens with one attached hydrogen (secondary N) is 2. The molecule has 17 heavy (non-hydrogen) atoms. The molecule has 1 aromatic rings. The highest BCUT2D eigenvalue weighted by atomic mass is 16.2. The van der Waals surface area contributed by atoms with Gasteiger partial charge in [0.15, 0.2) is 0 Å². The van der Waals surface area contributed by atoms with Crippen molar-refractivity contribution < 1.29 is 4.79 Å². The van der Waals surface area contributed by atoms with Crippen molar-refractivity contribution in [1.29, 1.82) is 0 Å². The number of benzene rings is 1. The van der Waals surface area contributed by atoms with Gasteiger partial charge in [-0.15, -0.1) is 0 Å². The summed E-state index contributed by atoms with van der Waals surface area (Å²) in [5, 5.41) is 6.44. The Kier molecular flexibility index (Phi) is 2.85. The minimum atomic E-state index is -0.152. The second kappa shape index (κ2) is 4.49. The molecule has 3 heteroatoms. The van der Waals surface area contributed by atoms with Gasteiger partial charge in [0, 0.05) is 12.6 Å². The van der Waals surface area contributed by atoms with Crippen LogP contribution in [0.4, 0.5) is 0 Å². The Morgan fingerprint density at radius 1 is 1.29 bits per heavy atom. The Morgan fingerprint density at radius 3 is 2.88 bits per heavy atom. The molecule has 1 heterocycles. The van der Waals surface area contributed by atoms with Gasteiger partial charge in [0.25, 0.3) is 0 Å². The van der Waals surface area contributed by atoms with Gasteiger partial charge >= 0.3 is 0 Å². The fraction of sp³-hybridized carbons (Fsp3) is 0.500. The molecule has 1 aromatic carbocycles. The number of rotatable bonds is 2. The van der Waals surface area contributed by atoms with E-state index in [1.807, 2.05) is 12.1 Å². The lowest BCUT2D eigenvalue weighted by molar-refractivity contribution is -0.124. The number of hydrogen-bond donors (Lipinski definition) is 2. The van der Waals surface area contributed by atoms with E-state index in [9.17, 15) is 4.79 Å². The van der Waals surface area contributed by atoms with Crippen LogP contribution < -0.4 is 10.6 Å². The van der Waals surface area contributed by atoms with E-state index in [4.69, 9.17) is 0 Å². The molecule has 0 saturated heterocycles. The summed E-state index contributed by atoms with van der Waals surface area (Å²) in [6, 6.07) is 8.51. The highest BCUT2D eigenvalue weighted by Gasteiger charge is 2.28. The summed E-state index contributed by atoms with van der Waals surface area (Å²) in [5.41, 5.74) is 2.45. The van der Waals surface area contributed by atoms with E-state index < -0.39 is 0 Å². The molecule has 1 atom stereocenters. The van der Waals surface area contributed by atoms with Crippen LogP contribution in [-0.4, -0.2) is 18.5 Å². The summed E-state index contributed by atoms with van der Waals surface area (Å²) in [6.45, 7) is 0.889. The summed E-state index contributed by atoms with van der Waals surface area (Å²) in [7, 11) is 0. The second-order valence-corrected chi connectivity index (χ2v) is 4.97. The summed E-state index contributed by atoms with van der Waals surface area (Å²) < 4.78 is 0. The van der Waals surface area contributed by atoms with E-state index in [-0.39, 0.29) is 11.9 Å². The van der Waals surface area contributed by atoms with Gasteiger partial charge in [0.1, 0.15) is 6.04 Å². The van der Waals surface area contributed by atoms with Crippen LogP contribution in [0.1, 0.15) is 36.4 Å². The van der Waals surface area contributed by atoms with Crippen LogP contribution in [0.15, 0.2) is 24.3 Å². The predicted octanol–water partition coefficient (Wildman–Crippen LogP) is 1.54. The van der Waals surface area contributed by atoms with Gasteiger partial charge in [-0.3, -0.25) is 4.79 Å². The summed E-state index contributed by atoms with van der Waals surface area (Å²) in [6.07, 6.45) is 4.54. The summed E-state index contributed by atoms with van der Waals surface area (Å²) in [5.74, 6) is 0.141. The molecule has 0 radical (unpaired) electrons. The first-order valence-electron chi connectivity index (χ1n) is 6.46. The maximum absolute atomic E-state index is 12.2. The van der Waals surface area contributed by atoms with E-state index in [0.29, 0.717) is 6.04 Å². The molecule has 1 aliphatic carbocycles. The molecule has 1 aliphatic heterocycles. The standard InChI is InChI=1S/C14H18N2O/c17-14(16-11-5-3-6-11)13-12-7-2-1-4-10(12)8-9-15-13/h1-2,4,7,11,13,15H,3,5-6,8-9H2,(H,16,17). The average Bonchev–Trinajstić information content (AvgIpc) is 2.33. The van der Waals surface area contributed by atoms with Gasteiger partial charge in [-0.1, -0.05) is 24.3 Å². The minimum absolute atomic E-state index is 0.141. The van der Waals surface area contributed by atoms with Gasteiger partial charge in [-0.05, 0) is 36.8 Å². The zero-order chi connectivity index (χ0) is 11.7. The predicted molar refractivity (Wildman–Crippen MR) is 66.7 cm³/mol. The van der Waals surface area contributed by atoms with Crippen molar-refractivity contribution >= 4 is 5.91 Å². The Bertz CT molecular complexity index is 426. The molecule has 2 N–H and O–H groups in total. The van der Waals surface area contributed by atoms with Crippen molar-refractivity contribution in [3.8, 4) is 0 Å². The Morgan fingerprint density at radius 2 is 2.12 bits per heavy atom. The quantitative estimate of drug-likeness (QED) is 0.809. The molecule has 1 saturated carbocycles. The van der Waals surface area contributed by atoms with Crippen molar-refractivity contribution in [2.75, 3.05) is 6.54 Å². The number of hydrogen-bond acceptors (Lipinski definition) is 2. The largest absolute Gasteiger partial charge is 0.352 e. The highest BCUT2D eigenvalue weighted by molar-refractivity contribution is 5.84. The smallest absolute Gasteiger partial charge is 0.241 e. The molecular weight excluding hydrogens is 212 g/mol. The van der Waals surface area contributed by atoms with Crippen LogP contribution >= 0.6 is 0 Å². The lowest BCUT2D eigenvalue weighted by Crippen LogP contribution is -2.47. The van der Waals surface area contributed by atoms with Crippen molar-refractivity contribution in [2.45, 2.75) is 37.8 Å². The molecule has 0 bridgehead atoms. The minimum Gasteiger partial charge on any atom is -0.352 e. The molecule has 3 rings (SSSR count). The lowest BCUT2D eigenvalue weighted by atomic mass is 9.90. The molecule has 0 spiro atoms. The first-order chi connectivity index (χ1) is 8.34. The van der Waals surface area contributed by atoms with Crippen molar-refractivity contribution in [3.05, 3.63) is 35.4 Å². The fourth-order valence-corrected chi connectivity index (χ4v) is 2.58. The van der Waals surface area contributed by atoms with Crippen molar-refractivity contribution in [1.82, 2.24) is 10.6 Å². The zero-order valence-corrected chi connectivity index (χ0v) is 9.91. The van der Waals surface area contributed by atoms with Crippen LogP contribution in [0.2, 0.25) is 0 Å². The SMILES string of the molecule is O=C(NC1CCC1)C1NCCc2ccccc21. The normalized spacial score (nSPS) is 23.6. The third-order valence-corrected chi connectivity index (χ3v) is 3.82. The van der Waals surface area contributed by atoms with Gasteiger partial charge < -0.3 is 10.6 Å². The van der Waals surface area contributed by atoms with Crippen LogP contribution in [0.3, 0.4) is 0 Å². The first kappa shape index (κ1) is 10.8. The Labute approximate surface area is 102 Å². The van der Waals surface area contributed by atoms with E-state index in [0.717, 1.165) is 31.4 Å². The Hall–Kier alpha value is -1.35. The Balaban J connectivity index is 1.77. The third-order valence-electron chi connectivity index (χ3n) is 3.82. The third kappa shape index (κ3) is 2.07. The fourth-order valence-electron chi connectivity index (χ4n) is 2.58. The average molecular weight is 230 g/mol. The van der Waals surface area contributed by atoms with Gasteiger partial charge in [0.05, 0.1) is 0 Å². The van der Waals surface area contributed by atoms with Gasteiger partial charge in [0.2, 0.25) is 5.91 Å². The lowest BCUT2D eigenvalue weighted by Gasteiger charge is -2.31. The number of amides is 1. The molecule has 90 valence electrons. The van der Waals surface area contributed by atoms with E-state index in [1.165, 1.54) is 12.0 Å². The molecule has 0 aromatic heterocycles. The molecular formula is C14H18N2O. The van der Waals surface area contributed by atoms with Gasteiger partial charge in [-0.25, -0.2) is 0 Å². The first-order valence-corrected chi connectivity index (χ1v) is 6.46. The molecule has 2 aliphatic rings. The molecule has 1 fully saturated rings. The topological polar surface area (TPSA) is 41.1 Å². The number of fused-ring (bicyclic) bond motifs is 1. The van der Waals surface area contributed by atoms with E-state index in [2.05, 4.69) is 22.8 Å². The monoisotopic (exact) mass is 230 g/mol. The summed E-state index contributed by atoms with van der Waals surface area (Å²) in [4.78, 5) is 12.2. The van der Waals surface area contributed by atoms with Crippen LogP contribution in [0.5, 0.6) is 0 Å². The highest BCUT2D eigenvalue weighted by Crippen LogP contribution is 2.24. The van der Waals surface area contributed by atoms with Crippen molar-refractivity contribution in [2.24, 2.45) is 0 Å². The second-order valence-electron chi connectivity index (χ2n) is 4.97. The molecule has 1 amide bonds. The van der Waals surface area contributed by atoms with E-state index >= 15 is 0 Å². The summed E-state index contributed by atoms with van der Waals surface area (Å²) >= 11 is 0. The number of carbonyl (C=O) groups excluding carboxylic acids is 1. The zero-order valence-electron chi connectivity index (χ0n) is 9.91. The van der Waals surface area contributed by atoms with Crippen LogP contribution in [0, 0.1) is 0 Å². The maximum Gasteiger partial charge on any atom is 0.241 e. The van der Waals surface area contributed by atoms with E-state index in [1.54, 1.807) is 0 Å². The van der Waals surface area contributed by atoms with Crippen LogP contribution in [0.25, 0.3) is 0 Å². The molecule has 3 nitrogen and oxygen atoms in total.